The molecule has 2 rings (SSSR count). The van der Waals surface area contributed by atoms with Crippen LogP contribution in [0.1, 0.15) is 17.3 Å². The Morgan fingerprint density at radius 2 is 2.18 bits per heavy atom. The first-order valence-corrected chi connectivity index (χ1v) is 6.47. The lowest BCUT2D eigenvalue weighted by Gasteiger charge is -2.17. The topological polar surface area (TPSA) is 68.8 Å². The van der Waals surface area contributed by atoms with Crippen LogP contribution in [0.2, 0.25) is 0 Å². The predicted molar refractivity (Wildman–Crippen MR) is 72.0 cm³/mol. The van der Waals surface area contributed by atoms with E-state index in [4.69, 9.17) is 5.84 Å². The van der Waals surface area contributed by atoms with E-state index in [0.717, 1.165) is 20.2 Å². The number of nitrogens with two attached hydrogens (primary N) is 1. The monoisotopic (exact) mass is 359 g/mol. The molecule has 7 heteroatoms. The second-order valence-corrected chi connectivity index (χ2v) is 5.32. The fourth-order valence-corrected chi connectivity index (χ4v) is 2.91. The third-order valence-corrected chi connectivity index (χ3v) is 3.67. The van der Waals surface area contributed by atoms with Gasteiger partial charge in [-0.25, -0.2) is 5.43 Å². The van der Waals surface area contributed by atoms with Gasteiger partial charge in [-0.15, -0.1) is 5.10 Å². The summed E-state index contributed by atoms with van der Waals surface area (Å²) in [7, 11) is 1.83. The highest BCUT2D eigenvalue weighted by molar-refractivity contribution is 9.11. The molecule has 17 heavy (non-hydrogen) atoms. The van der Waals surface area contributed by atoms with Crippen molar-refractivity contribution < 1.29 is 0 Å². The van der Waals surface area contributed by atoms with Gasteiger partial charge >= 0.3 is 0 Å². The third kappa shape index (κ3) is 2.57. The molecule has 0 fully saturated rings. The van der Waals surface area contributed by atoms with E-state index in [1.807, 2.05) is 25.2 Å². The van der Waals surface area contributed by atoms with Crippen LogP contribution in [0.4, 0.5) is 0 Å². The summed E-state index contributed by atoms with van der Waals surface area (Å²) in [4.78, 5) is 0. The van der Waals surface area contributed by atoms with Gasteiger partial charge in [-0.1, -0.05) is 43.1 Å². The summed E-state index contributed by atoms with van der Waals surface area (Å²) in [5.74, 6) is 5.62. The first-order chi connectivity index (χ1) is 8.13. The van der Waals surface area contributed by atoms with Crippen molar-refractivity contribution in [1.82, 2.24) is 20.4 Å². The molecule has 3 N–H and O–H groups in total. The summed E-state index contributed by atoms with van der Waals surface area (Å²) in [6.45, 7) is 0. The Kier molecular flexibility index (Phi) is 3.93. The standard InChI is InChI=1S/C10H11Br2N5/c1-17-9(5-14-16-17)10(15-13)7-3-2-6(11)4-8(7)12/h2-5,10,15H,13H2,1H3. The van der Waals surface area contributed by atoms with Crippen LogP contribution in [-0.4, -0.2) is 15.0 Å². The van der Waals surface area contributed by atoms with Gasteiger partial charge < -0.3 is 0 Å². The van der Waals surface area contributed by atoms with Gasteiger partial charge in [-0.2, -0.15) is 0 Å². The molecule has 0 aliphatic carbocycles. The molecule has 2 aromatic rings. The Morgan fingerprint density at radius 1 is 1.41 bits per heavy atom. The Bertz CT molecular complexity index is 525. The number of hydrogen-bond donors (Lipinski definition) is 2. The summed E-state index contributed by atoms with van der Waals surface area (Å²) in [5.41, 5.74) is 4.70. The Balaban J connectivity index is 2.46. The van der Waals surface area contributed by atoms with E-state index in [1.165, 1.54) is 0 Å². The van der Waals surface area contributed by atoms with Gasteiger partial charge in [-0.05, 0) is 17.7 Å². The number of halogens is 2. The SMILES string of the molecule is Cn1nncc1C(NN)c1ccc(Br)cc1Br. The van der Waals surface area contributed by atoms with E-state index >= 15 is 0 Å². The fourth-order valence-electron chi connectivity index (χ4n) is 1.63. The predicted octanol–water partition coefficient (Wildman–Crippen LogP) is 1.89. The van der Waals surface area contributed by atoms with Crippen molar-refractivity contribution in [2.24, 2.45) is 12.9 Å². The number of hydrazine groups is 1. The number of nitrogens with zero attached hydrogens (tertiary/aromatic N) is 3. The minimum Gasteiger partial charge on any atom is -0.271 e. The Morgan fingerprint density at radius 3 is 2.71 bits per heavy atom. The number of nitrogens with one attached hydrogen (secondary N) is 1. The van der Waals surface area contributed by atoms with Gasteiger partial charge in [0.2, 0.25) is 0 Å². The van der Waals surface area contributed by atoms with Crippen LogP contribution in [0.25, 0.3) is 0 Å². The van der Waals surface area contributed by atoms with E-state index in [0.29, 0.717) is 0 Å². The molecule has 0 bridgehead atoms. The summed E-state index contributed by atoms with van der Waals surface area (Å²) in [6.07, 6.45) is 1.69. The molecule has 1 aromatic carbocycles. The quantitative estimate of drug-likeness (QED) is 0.647. The van der Waals surface area contributed by atoms with Crippen LogP contribution in [0.3, 0.4) is 0 Å². The largest absolute Gasteiger partial charge is 0.271 e. The molecule has 0 radical (unpaired) electrons. The van der Waals surface area contributed by atoms with E-state index in [1.54, 1.807) is 10.9 Å². The number of aromatic nitrogens is 3. The Hall–Kier alpha value is -0.760. The average Bonchev–Trinajstić information content (AvgIpc) is 2.69. The van der Waals surface area contributed by atoms with Crippen LogP contribution in [0, 0.1) is 0 Å². The lowest BCUT2D eigenvalue weighted by Crippen LogP contribution is -2.30. The molecule has 1 atom stereocenters. The molecule has 0 saturated carbocycles. The smallest absolute Gasteiger partial charge is 0.0905 e. The van der Waals surface area contributed by atoms with Gasteiger partial charge in [0.1, 0.15) is 0 Å². The van der Waals surface area contributed by atoms with Gasteiger partial charge in [0.25, 0.3) is 0 Å². The van der Waals surface area contributed by atoms with Crippen LogP contribution in [-0.2, 0) is 7.05 Å². The van der Waals surface area contributed by atoms with Crippen LogP contribution in [0.5, 0.6) is 0 Å². The zero-order chi connectivity index (χ0) is 12.4. The van der Waals surface area contributed by atoms with Crippen molar-refractivity contribution in [3.05, 3.63) is 44.6 Å². The summed E-state index contributed by atoms with van der Waals surface area (Å²) in [5, 5.41) is 7.76. The van der Waals surface area contributed by atoms with Crippen molar-refractivity contribution in [3.63, 3.8) is 0 Å². The van der Waals surface area contributed by atoms with Crippen LogP contribution < -0.4 is 11.3 Å². The van der Waals surface area contributed by atoms with Gasteiger partial charge in [0.05, 0.1) is 17.9 Å². The maximum absolute atomic E-state index is 5.62. The molecule has 1 unspecified atom stereocenters. The van der Waals surface area contributed by atoms with Crippen molar-refractivity contribution >= 4 is 31.9 Å². The fraction of sp³-hybridized carbons (Fsp3) is 0.200. The first kappa shape index (κ1) is 12.7. The molecule has 1 heterocycles. The van der Waals surface area contributed by atoms with E-state index in [-0.39, 0.29) is 6.04 Å². The zero-order valence-corrected chi connectivity index (χ0v) is 12.2. The molecule has 5 nitrogen and oxygen atoms in total. The average molecular weight is 361 g/mol. The highest BCUT2D eigenvalue weighted by Gasteiger charge is 2.18. The zero-order valence-electron chi connectivity index (χ0n) is 9.06. The molecule has 0 saturated heterocycles. The Labute approximate surface area is 116 Å². The lowest BCUT2D eigenvalue weighted by molar-refractivity contribution is 0.569. The lowest BCUT2D eigenvalue weighted by atomic mass is 10.1. The summed E-state index contributed by atoms with van der Waals surface area (Å²) < 4.78 is 3.67. The molecule has 0 aliphatic rings. The van der Waals surface area contributed by atoms with Gasteiger partial charge in [0, 0.05) is 16.0 Å². The van der Waals surface area contributed by atoms with Gasteiger partial charge in [0.15, 0.2) is 0 Å². The minimum atomic E-state index is -0.155. The number of hydrogen-bond acceptors (Lipinski definition) is 4. The highest BCUT2D eigenvalue weighted by Crippen LogP contribution is 2.29. The number of benzene rings is 1. The molecule has 0 aliphatic heterocycles. The van der Waals surface area contributed by atoms with Crippen molar-refractivity contribution in [3.8, 4) is 0 Å². The molecule has 1 aromatic heterocycles. The van der Waals surface area contributed by atoms with E-state index < -0.39 is 0 Å². The number of rotatable bonds is 3. The third-order valence-electron chi connectivity index (χ3n) is 2.49. The van der Waals surface area contributed by atoms with Crippen LogP contribution in [0.15, 0.2) is 33.3 Å². The highest BCUT2D eigenvalue weighted by atomic mass is 79.9. The minimum absolute atomic E-state index is 0.155. The van der Waals surface area contributed by atoms with E-state index in [9.17, 15) is 0 Å². The maximum Gasteiger partial charge on any atom is 0.0905 e. The molecule has 0 amide bonds. The van der Waals surface area contributed by atoms with Crippen molar-refractivity contribution in [2.45, 2.75) is 6.04 Å². The number of aryl methyl sites for hydroxylation is 1. The normalized spacial score (nSPS) is 12.7. The maximum atomic E-state index is 5.62. The second kappa shape index (κ2) is 5.26. The van der Waals surface area contributed by atoms with Gasteiger partial charge in [-0.3, -0.25) is 10.5 Å². The molecule has 0 spiro atoms. The van der Waals surface area contributed by atoms with Crippen molar-refractivity contribution in [2.75, 3.05) is 0 Å². The summed E-state index contributed by atoms with van der Waals surface area (Å²) in [6, 6.07) is 5.78. The second-order valence-electron chi connectivity index (χ2n) is 3.55. The first-order valence-electron chi connectivity index (χ1n) is 4.89. The van der Waals surface area contributed by atoms with Crippen LogP contribution >= 0.6 is 31.9 Å². The molecular weight excluding hydrogens is 350 g/mol. The van der Waals surface area contributed by atoms with E-state index in [2.05, 4.69) is 47.6 Å². The molecular formula is C10H11Br2N5. The summed E-state index contributed by atoms with van der Waals surface area (Å²) >= 11 is 6.94. The van der Waals surface area contributed by atoms with Crippen molar-refractivity contribution in [1.29, 1.82) is 0 Å². The molecule has 90 valence electrons.